The lowest BCUT2D eigenvalue weighted by atomic mass is 10.1. The Labute approximate surface area is 127 Å². The molecule has 7 heteroatoms. The lowest BCUT2D eigenvalue weighted by Crippen LogP contribution is -2.49. The first-order chi connectivity index (χ1) is 10.2. The second-order valence-corrected chi connectivity index (χ2v) is 5.78. The van der Waals surface area contributed by atoms with Gasteiger partial charge in [0.05, 0.1) is 11.9 Å². The van der Waals surface area contributed by atoms with Gasteiger partial charge in [0.2, 0.25) is 0 Å². The third-order valence-corrected chi connectivity index (χ3v) is 3.28. The Morgan fingerprint density at radius 3 is 2.77 bits per heavy atom. The average molecular weight is 306 g/mol. The number of nitrogens with zero attached hydrogens (tertiary/aromatic N) is 2. The van der Waals surface area contributed by atoms with Crippen LogP contribution in [0.2, 0.25) is 0 Å². The molecule has 2 rings (SSSR count). The molecule has 0 atom stereocenters. The molecule has 1 heterocycles. The highest BCUT2D eigenvalue weighted by atomic mass is 19.1. The molecule has 0 unspecified atom stereocenters. The Morgan fingerprint density at radius 1 is 1.50 bits per heavy atom. The Hall–Kier alpha value is -2.41. The number of amides is 1. The fourth-order valence-electron chi connectivity index (χ4n) is 1.94. The quantitative estimate of drug-likeness (QED) is 0.798. The molecular formula is C15H19FN4O2. The van der Waals surface area contributed by atoms with Crippen molar-refractivity contribution in [1.82, 2.24) is 15.1 Å². The number of rotatable bonds is 4. The zero-order valence-electron chi connectivity index (χ0n) is 12.7. The van der Waals surface area contributed by atoms with E-state index in [9.17, 15) is 14.3 Å². The summed E-state index contributed by atoms with van der Waals surface area (Å²) in [4.78, 5) is 12.2. The van der Waals surface area contributed by atoms with Gasteiger partial charge in [-0.1, -0.05) is 0 Å². The predicted molar refractivity (Wildman–Crippen MR) is 80.5 cm³/mol. The number of aromatic hydroxyl groups is 1. The molecule has 2 aromatic rings. The number of nitrogens with one attached hydrogen (secondary N) is 1. The summed E-state index contributed by atoms with van der Waals surface area (Å²) in [6.45, 7) is 5.50. The first kappa shape index (κ1) is 16.0. The number of aryl methyl sites for hydroxylation is 1. The fraction of sp³-hybridized carbons (Fsp3) is 0.333. The van der Waals surface area contributed by atoms with Gasteiger partial charge >= 0.3 is 0 Å². The number of carbonyl (C=O) groups is 1. The molecule has 6 nitrogen and oxygen atoms in total. The molecule has 0 spiro atoms. The van der Waals surface area contributed by atoms with Crippen molar-refractivity contribution in [1.29, 1.82) is 0 Å². The molecule has 1 amide bonds. The van der Waals surface area contributed by atoms with Crippen LogP contribution in [0.4, 0.5) is 4.39 Å². The maximum Gasteiger partial charge on any atom is 0.276 e. The van der Waals surface area contributed by atoms with Gasteiger partial charge in [0.25, 0.3) is 5.91 Å². The maximum atomic E-state index is 13.1. The van der Waals surface area contributed by atoms with Gasteiger partial charge in [-0.15, -0.1) is 0 Å². The van der Waals surface area contributed by atoms with Gasteiger partial charge in [0, 0.05) is 12.1 Å². The van der Waals surface area contributed by atoms with Gasteiger partial charge in [-0.3, -0.25) is 4.79 Å². The van der Waals surface area contributed by atoms with E-state index >= 15 is 0 Å². The molecule has 0 saturated carbocycles. The number of benzene rings is 1. The van der Waals surface area contributed by atoms with Gasteiger partial charge in [0.15, 0.2) is 11.4 Å². The molecule has 0 aliphatic carbocycles. The van der Waals surface area contributed by atoms with Gasteiger partial charge in [-0.05, 0) is 44.5 Å². The molecule has 118 valence electrons. The highest BCUT2D eigenvalue weighted by Crippen LogP contribution is 2.21. The molecule has 0 aliphatic heterocycles. The van der Waals surface area contributed by atoms with E-state index in [1.165, 1.54) is 29.1 Å². The minimum absolute atomic E-state index is 0.106. The summed E-state index contributed by atoms with van der Waals surface area (Å²) in [6, 6.07) is 4.17. The Morgan fingerprint density at radius 2 is 2.18 bits per heavy atom. The van der Waals surface area contributed by atoms with Crippen molar-refractivity contribution in [2.45, 2.75) is 26.3 Å². The van der Waals surface area contributed by atoms with Crippen LogP contribution in [-0.2, 0) is 0 Å². The van der Waals surface area contributed by atoms with Crippen LogP contribution in [0.5, 0.6) is 5.75 Å². The van der Waals surface area contributed by atoms with E-state index < -0.39 is 11.4 Å². The van der Waals surface area contributed by atoms with Crippen molar-refractivity contribution in [3.05, 3.63) is 41.5 Å². The molecule has 0 fully saturated rings. The minimum atomic E-state index is -0.612. The van der Waals surface area contributed by atoms with Crippen LogP contribution in [0.15, 0.2) is 24.4 Å². The molecule has 4 N–H and O–H groups in total. The topological polar surface area (TPSA) is 93.2 Å². The summed E-state index contributed by atoms with van der Waals surface area (Å²) >= 11 is 0. The number of carbonyl (C=O) groups excluding carboxylic acids is 1. The van der Waals surface area contributed by atoms with Gasteiger partial charge < -0.3 is 16.2 Å². The Balaban J connectivity index is 2.34. The van der Waals surface area contributed by atoms with E-state index in [2.05, 4.69) is 10.4 Å². The number of nitrogens with two attached hydrogens (primary N) is 1. The van der Waals surface area contributed by atoms with Crippen LogP contribution in [-0.4, -0.2) is 32.9 Å². The fourth-order valence-corrected chi connectivity index (χ4v) is 1.94. The third kappa shape index (κ3) is 3.25. The lowest BCUT2D eigenvalue weighted by Gasteiger charge is -2.23. The van der Waals surface area contributed by atoms with Crippen molar-refractivity contribution in [2.24, 2.45) is 5.73 Å². The van der Waals surface area contributed by atoms with E-state index in [1.54, 1.807) is 20.8 Å². The van der Waals surface area contributed by atoms with Crippen LogP contribution in [0.3, 0.4) is 0 Å². The largest absolute Gasteiger partial charge is 0.504 e. The second kappa shape index (κ2) is 5.76. The molecule has 0 saturated heterocycles. The molecule has 22 heavy (non-hydrogen) atoms. The van der Waals surface area contributed by atoms with Crippen molar-refractivity contribution >= 4 is 5.91 Å². The smallest absolute Gasteiger partial charge is 0.276 e. The van der Waals surface area contributed by atoms with Crippen LogP contribution < -0.4 is 11.1 Å². The summed E-state index contributed by atoms with van der Waals surface area (Å²) in [7, 11) is 0. The zero-order chi connectivity index (χ0) is 16.5. The van der Waals surface area contributed by atoms with Crippen LogP contribution in [0.1, 0.15) is 29.9 Å². The zero-order valence-corrected chi connectivity index (χ0v) is 12.7. The van der Waals surface area contributed by atoms with E-state index in [0.29, 0.717) is 11.3 Å². The van der Waals surface area contributed by atoms with Crippen LogP contribution in [0, 0.1) is 12.7 Å². The van der Waals surface area contributed by atoms with Crippen LogP contribution >= 0.6 is 0 Å². The van der Waals surface area contributed by atoms with Crippen molar-refractivity contribution in [3.63, 3.8) is 0 Å². The van der Waals surface area contributed by atoms with E-state index in [-0.39, 0.29) is 23.8 Å². The number of hydrogen-bond donors (Lipinski definition) is 3. The molecule has 0 bridgehead atoms. The standard InChI is InChI=1S/C15H19FN4O2/c1-9-6-10(16)4-5-11(9)20-7-12(21)13(19-20)14(22)18-15(2,3)8-17/h4-7,21H,8,17H2,1-3H3,(H,18,22). The monoisotopic (exact) mass is 306 g/mol. The van der Waals surface area contributed by atoms with E-state index in [1.807, 2.05) is 0 Å². The number of hydrogen-bond acceptors (Lipinski definition) is 4. The second-order valence-electron chi connectivity index (χ2n) is 5.78. The highest BCUT2D eigenvalue weighted by Gasteiger charge is 2.24. The summed E-state index contributed by atoms with van der Waals surface area (Å²) in [5, 5.41) is 16.7. The molecule has 1 aromatic carbocycles. The highest BCUT2D eigenvalue weighted by molar-refractivity contribution is 5.95. The molecular weight excluding hydrogens is 287 g/mol. The van der Waals surface area contributed by atoms with Crippen molar-refractivity contribution < 1.29 is 14.3 Å². The predicted octanol–water partition coefficient (Wildman–Crippen LogP) is 1.49. The Kier molecular flexibility index (Phi) is 4.18. The Bertz CT molecular complexity index is 710. The average Bonchev–Trinajstić information content (AvgIpc) is 2.80. The van der Waals surface area contributed by atoms with Crippen molar-refractivity contribution in [2.75, 3.05) is 6.54 Å². The molecule has 0 aliphatic rings. The summed E-state index contributed by atoms with van der Waals surface area (Å²) in [5.74, 6) is -1.14. The molecule has 0 radical (unpaired) electrons. The maximum absolute atomic E-state index is 13.1. The lowest BCUT2D eigenvalue weighted by molar-refractivity contribution is 0.0907. The SMILES string of the molecule is Cc1cc(F)ccc1-n1cc(O)c(C(=O)NC(C)(C)CN)n1. The summed E-state index contributed by atoms with van der Waals surface area (Å²) in [6.07, 6.45) is 1.31. The minimum Gasteiger partial charge on any atom is -0.504 e. The van der Waals surface area contributed by atoms with E-state index in [4.69, 9.17) is 5.73 Å². The van der Waals surface area contributed by atoms with Crippen molar-refractivity contribution in [3.8, 4) is 11.4 Å². The normalized spacial score (nSPS) is 11.5. The first-order valence-corrected chi connectivity index (χ1v) is 6.81. The van der Waals surface area contributed by atoms with Gasteiger partial charge in [-0.2, -0.15) is 5.10 Å². The number of aromatic nitrogens is 2. The third-order valence-electron chi connectivity index (χ3n) is 3.28. The van der Waals surface area contributed by atoms with Gasteiger partial charge in [-0.25, -0.2) is 9.07 Å². The van der Waals surface area contributed by atoms with E-state index in [0.717, 1.165) is 0 Å². The summed E-state index contributed by atoms with van der Waals surface area (Å²) < 4.78 is 14.5. The summed E-state index contributed by atoms with van der Waals surface area (Å²) in [5.41, 5.74) is 6.06. The molecule has 1 aromatic heterocycles. The van der Waals surface area contributed by atoms with Crippen LogP contribution in [0.25, 0.3) is 5.69 Å². The number of halogens is 1. The first-order valence-electron chi connectivity index (χ1n) is 6.81. The van der Waals surface area contributed by atoms with Gasteiger partial charge in [0.1, 0.15) is 5.82 Å².